The molecule has 66 valence electrons. The van der Waals surface area contributed by atoms with Gasteiger partial charge in [0.25, 0.3) is 0 Å². The Labute approximate surface area is 71.1 Å². The molecule has 0 aromatic carbocycles. The molecule has 0 fully saturated rings. The molecule has 0 saturated heterocycles. The lowest BCUT2D eigenvalue weighted by molar-refractivity contribution is 0.289. The van der Waals surface area contributed by atoms with E-state index in [1.165, 1.54) is 32.5 Å². The average molecular weight is 155 g/mol. The van der Waals surface area contributed by atoms with Crippen LogP contribution in [0.2, 0.25) is 0 Å². The van der Waals surface area contributed by atoms with Crippen LogP contribution in [0.15, 0.2) is 12.7 Å². The molecule has 0 aliphatic rings. The van der Waals surface area contributed by atoms with Gasteiger partial charge in [0.05, 0.1) is 0 Å². The first kappa shape index (κ1) is 10.7. The summed E-state index contributed by atoms with van der Waals surface area (Å²) in [4.78, 5) is 2.48. The van der Waals surface area contributed by atoms with Gasteiger partial charge in [0.1, 0.15) is 0 Å². The highest BCUT2D eigenvalue weighted by atomic mass is 15.1. The van der Waals surface area contributed by atoms with Gasteiger partial charge in [-0.25, -0.2) is 0 Å². The number of hydrogen-bond acceptors (Lipinski definition) is 1. The summed E-state index contributed by atoms with van der Waals surface area (Å²) in [6.07, 6.45) is 5.74. The highest BCUT2D eigenvalue weighted by molar-refractivity contribution is 4.69. The first-order valence-electron chi connectivity index (χ1n) is 4.68. The normalized spacial score (nSPS) is 10.5. The van der Waals surface area contributed by atoms with Crippen LogP contribution in [0.5, 0.6) is 0 Å². The minimum Gasteiger partial charge on any atom is -0.303 e. The van der Waals surface area contributed by atoms with Crippen LogP contribution in [0.3, 0.4) is 0 Å². The van der Waals surface area contributed by atoms with Gasteiger partial charge >= 0.3 is 0 Å². The standard InChI is InChI=1S/C10H21N/c1-4-7-9-11(6-3)10-8-5-2/h4H,1,5-10H2,2-3H3. The van der Waals surface area contributed by atoms with Crippen molar-refractivity contribution >= 4 is 0 Å². The fourth-order valence-electron chi connectivity index (χ4n) is 1.08. The predicted molar refractivity (Wildman–Crippen MR) is 51.8 cm³/mol. The molecule has 0 radical (unpaired) electrons. The van der Waals surface area contributed by atoms with Crippen LogP contribution in [0.25, 0.3) is 0 Å². The molecule has 0 aromatic heterocycles. The van der Waals surface area contributed by atoms with Gasteiger partial charge < -0.3 is 4.90 Å². The van der Waals surface area contributed by atoms with Gasteiger partial charge in [0.15, 0.2) is 0 Å². The quantitative estimate of drug-likeness (QED) is 0.511. The van der Waals surface area contributed by atoms with E-state index in [-0.39, 0.29) is 0 Å². The lowest BCUT2D eigenvalue weighted by Gasteiger charge is -2.18. The van der Waals surface area contributed by atoms with Gasteiger partial charge in [-0.1, -0.05) is 26.3 Å². The lowest BCUT2D eigenvalue weighted by atomic mass is 10.3. The van der Waals surface area contributed by atoms with Gasteiger partial charge in [-0.05, 0) is 25.9 Å². The summed E-state index contributed by atoms with van der Waals surface area (Å²) >= 11 is 0. The maximum absolute atomic E-state index is 3.72. The third-order valence-electron chi connectivity index (χ3n) is 1.92. The SMILES string of the molecule is C=CCCN(CC)CCCC. The van der Waals surface area contributed by atoms with Crippen molar-refractivity contribution in [3.63, 3.8) is 0 Å². The van der Waals surface area contributed by atoms with Crippen LogP contribution in [0.4, 0.5) is 0 Å². The van der Waals surface area contributed by atoms with Gasteiger partial charge in [-0.3, -0.25) is 0 Å². The zero-order valence-corrected chi connectivity index (χ0v) is 7.97. The van der Waals surface area contributed by atoms with Gasteiger partial charge in [-0.2, -0.15) is 0 Å². The summed E-state index contributed by atoms with van der Waals surface area (Å²) in [6.45, 7) is 11.8. The Hall–Kier alpha value is -0.300. The molecule has 1 nitrogen and oxygen atoms in total. The molecule has 0 aliphatic heterocycles. The number of rotatable bonds is 7. The van der Waals surface area contributed by atoms with Crippen LogP contribution in [0, 0.1) is 0 Å². The largest absolute Gasteiger partial charge is 0.303 e. The summed E-state index contributed by atoms with van der Waals surface area (Å²) in [6, 6.07) is 0. The molecule has 0 heterocycles. The number of nitrogens with zero attached hydrogens (tertiary/aromatic N) is 1. The van der Waals surface area contributed by atoms with E-state index in [1.807, 2.05) is 6.08 Å². The molecule has 1 heteroatoms. The summed E-state index contributed by atoms with van der Waals surface area (Å²) in [7, 11) is 0. The topological polar surface area (TPSA) is 3.24 Å². The van der Waals surface area contributed by atoms with Crippen molar-refractivity contribution in [3.05, 3.63) is 12.7 Å². The highest BCUT2D eigenvalue weighted by Gasteiger charge is 1.97. The Kier molecular flexibility index (Phi) is 7.59. The van der Waals surface area contributed by atoms with Crippen LogP contribution in [-0.2, 0) is 0 Å². The minimum absolute atomic E-state index is 1.12. The Morgan fingerprint density at radius 1 is 1.27 bits per heavy atom. The molecule has 0 unspecified atom stereocenters. The van der Waals surface area contributed by atoms with E-state index in [2.05, 4.69) is 25.3 Å². The maximum atomic E-state index is 3.72. The molecule has 0 spiro atoms. The van der Waals surface area contributed by atoms with Crippen LogP contribution in [0.1, 0.15) is 33.1 Å². The van der Waals surface area contributed by atoms with Crippen molar-refractivity contribution in [2.24, 2.45) is 0 Å². The minimum atomic E-state index is 1.12. The zero-order valence-electron chi connectivity index (χ0n) is 7.97. The van der Waals surface area contributed by atoms with E-state index in [4.69, 9.17) is 0 Å². The number of hydrogen-bond donors (Lipinski definition) is 0. The zero-order chi connectivity index (χ0) is 8.53. The van der Waals surface area contributed by atoms with Crippen molar-refractivity contribution in [2.45, 2.75) is 33.1 Å². The summed E-state index contributed by atoms with van der Waals surface area (Å²) in [5.74, 6) is 0. The summed E-state index contributed by atoms with van der Waals surface area (Å²) < 4.78 is 0. The van der Waals surface area contributed by atoms with E-state index in [0.29, 0.717) is 0 Å². The van der Waals surface area contributed by atoms with E-state index >= 15 is 0 Å². The predicted octanol–water partition coefficient (Wildman–Crippen LogP) is 2.68. The first-order valence-corrected chi connectivity index (χ1v) is 4.68. The Morgan fingerprint density at radius 2 is 2.00 bits per heavy atom. The van der Waals surface area contributed by atoms with Gasteiger partial charge in [0.2, 0.25) is 0 Å². The second kappa shape index (κ2) is 7.80. The Bertz CT molecular complexity index is 88.9. The van der Waals surface area contributed by atoms with Gasteiger partial charge in [0, 0.05) is 6.54 Å². The molecular weight excluding hydrogens is 134 g/mol. The van der Waals surface area contributed by atoms with Crippen molar-refractivity contribution < 1.29 is 0 Å². The highest BCUT2D eigenvalue weighted by Crippen LogP contribution is 1.96. The van der Waals surface area contributed by atoms with Crippen molar-refractivity contribution in [1.82, 2.24) is 4.90 Å². The second-order valence-electron chi connectivity index (χ2n) is 2.87. The summed E-state index contributed by atoms with van der Waals surface area (Å²) in [5.41, 5.74) is 0. The van der Waals surface area contributed by atoms with Crippen LogP contribution >= 0.6 is 0 Å². The average Bonchev–Trinajstić information content (AvgIpc) is 2.05. The Morgan fingerprint density at radius 3 is 2.45 bits per heavy atom. The molecule has 0 rings (SSSR count). The molecular formula is C10H21N. The molecule has 0 amide bonds. The number of unbranched alkanes of at least 4 members (excludes halogenated alkanes) is 1. The van der Waals surface area contributed by atoms with E-state index in [1.54, 1.807) is 0 Å². The molecule has 0 aliphatic carbocycles. The van der Waals surface area contributed by atoms with Crippen molar-refractivity contribution in [1.29, 1.82) is 0 Å². The fraction of sp³-hybridized carbons (Fsp3) is 0.800. The molecule has 0 aromatic rings. The monoisotopic (exact) mass is 155 g/mol. The molecule has 0 N–H and O–H groups in total. The molecule has 11 heavy (non-hydrogen) atoms. The molecule has 0 saturated carbocycles. The van der Waals surface area contributed by atoms with E-state index < -0.39 is 0 Å². The summed E-state index contributed by atoms with van der Waals surface area (Å²) in [5, 5.41) is 0. The second-order valence-corrected chi connectivity index (χ2v) is 2.87. The molecule has 0 atom stereocenters. The van der Waals surface area contributed by atoms with Crippen molar-refractivity contribution in [3.8, 4) is 0 Å². The molecule has 0 bridgehead atoms. The third-order valence-corrected chi connectivity index (χ3v) is 1.92. The fourth-order valence-corrected chi connectivity index (χ4v) is 1.08. The van der Waals surface area contributed by atoms with E-state index in [9.17, 15) is 0 Å². The maximum Gasteiger partial charge on any atom is 0.00157 e. The third kappa shape index (κ3) is 6.11. The smallest absolute Gasteiger partial charge is 0.00157 e. The van der Waals surface area contributed by atoms with Crippen LogP contribution in [-0.4, -0.2) is 24.5 Å². The van der Waals surface area contributed by atoms with E-state index in [0.717, 1.165) is 6.42 Å². The van der Waals surface area contributed by atoms with Gasteiger partial charge in [-0.15, -0.1) is 6.58 Å². The lowest BCUT2D eigenvalue weighted by Crippen LogP contribution is -2.25. The van der Waals surface area contributed by atoms with Crippen LogP contribution < -0.4 is 0 Å². The first-order chi connectivity index (χ1) is 5.35. The van der Waals surface area contributed by atoms with Crippen molar-refractivity contribution in [2.75, 3.05) is 19.6 Å². The Balaban J connectivity index is 3.32.